The average Bonchev–Trinajstić information content (AvgIpc) is 2.52. The number of halogens is 1. The SMILES string of the molecule is COc1ccc(C(C)NCc2ccc(OC)c(Cl)c2)cc1. The lowest BCUT2D eigenvalue weighted by Crippen LogP contribution is -2.18. The Labute approximate surface area is 130 Å². The van der Waals surface area contributed by atoms with Gasteiger partial charge in [-0.05, 0) is 42.3 Å². The van der Waals surface area contributed by atoms with Crippen LogP contribution in [0.4, 0.5) is 0 Å². The Kier molecular flexibility index (Phi) is 5.48. The molecule has 2 aromatic carbocycles. The summed E-state index contributed by atoms with van der Waals surface area (Å²) >= 11 is 6.13. The van der Waals surface area contributed by atoms with E-state index in [0.29, 0.717) is 10.8 Å². The quantitative estimate of drug-likeness (QED) is 0.867. The number of methoxy groups -OCH3 is 2. The molecule has 1 N–H and O–H groups in total. The maximum Gasteiger partial charge on any atom is 0.137 e. The van der Waals surface area contributed by atoms with Crippen LogP contribution >= 0.6 is 11.6 Å². The number of ether oxygens (including phenoxy) is 2. The molecule has 0 saturated carbocycles. The van der Waals surface area contributed by atoms with Gasteiger partial charge in [-0.2, -0.15) is 0 Å². The van der Waals surface area contributed by atoms with Crippen LogP contribution in [0.5, 0.6) is 11.5 Å². The van der Waals surface area contributed by atoms with Crippen molar-refractivity contribution in [1.29, 1.82) is 0 Å². The number of rotatable bonds is 6. The smallest absolute Gasteiger partial charge is 0.137 e. The molecule has 0 aliphatic heterocycles. The highest BCUT2D eigenvalue weighted by molar-refractivity contribution is 6.32. The van der Waals surface area contributed by atoms with Crippen molar-refractivity contribution in [1.82, 2.24) is 5.32 Å². The molecule has 3 nitrogen and oxygen atoms in total. The monoisotopic (exact) mass is 305 g/mol. The summed E-state index contributed by atoms with van der Waals surface area (Å²) in [5, 5.41) is 4.11. The summed E-state index contributed by atoms with van der Waals surface area (Å²) in [5.74, 6) is 1.57. The maximum absolute atomic E-state index is 6.13. The molecular formula is C17H20ClNO2. The van der Waals surface area contributed by atoms with Crippen molar-refractivity contribution in [2.24, 2.45) is 0 Å². The van der Waals surface area contributed by atoms with Crippen molar-refractivity contribution in [2.45, 2.75) is 19.5 Å². The maximum atomic E-state index is 6.13. The average molecular weight is 306 g/mol. The fourth-order valence-corrected chi connectivity index (χ4v) is 2.38. The minimum Gasteiger partial charge on any atom is -0.497 e. The van der Waals surface area contributed by atoms with E-state index >= 15 is 0 Å². The highest BCUT2D eigenvalue weighted by atomic mass is 35.5. The largest absolute Gasteiger partial charge is 0.497 e. The highest BCUT2D eigenvalue weighted by Gasteiger charge is 2.06. The number of hydrogen-bond acceptors (Lipinski definition) is 3. The third-order valence-electron chi connectivity index (χ3n) is 3.44. The van der Waals surface area contributed by atoms with E-state index in [1.807, 2.05) is 30.3 Å². The molecule has 0 aliphatic rings. The second-order valence-electron chi connectivity index (χ2n) is 4.84. The van der Waals surface area contributed by atoms with Crippen LogP contribution in [0.2, 0.25) is 5.02 Å². The minimum absolute atomic E-state index is 0.247. The van der Waals surface area contributed by atoms with Gasteiger partial charge in [0.2, 0.25) is 0 Å². The van der Waals surface area contributed by atoms with Crippen LogP contribution in [0.3, 0.4) is 0 Å². The molecule has 0 heterocycles. The molecule has 21 heavy (non-hydrogen) atoms. The van der Waals surface area contributed by atoms with Crippen LogP contribution in [0, 0.1) is 0 Å². The van der Waals surface area contributed by atoms with Gasteiger partial charge >= 0.3 is 0 Å². The Balaban J connectivity index is 1.96. The van der Waals surface area contributed by atoms with Crippen LogP contribution in [0.1, 0.15) is 24.1 Å². The summed E-state index contributed by atoms with van der Waals surface area (Å²) in [7, 11) is 3.29. The van der Waals surface area contributed by atoms with Gasteiger partial charge in [0.05, 0.1) is 19.2 Å². The lowest BCUT2D eigenvalue weighted by atomic mass is 10.1. The molecular weight excluding hydrogens is 286 g/mol. The predicted molar refractivity (Wildman–Crippen MR) is 86.3 cm³/mol. The molecule has 0 aliphatic carbocycles. The third-order valence-corrected chi connectivity index (χ3v) is 3.74. The van der Waals surface area contributed by atoms with Crippen molar-refractivity contribution >= 4 is 11.6 Å². The Morgan fingerprint density at radius 1 is 1.05 bits per heavy atom. The van der Waals surface area contributed by atoms with Crippen LogP contribution in [0.25, 0.3) is 0 Å². The second-order valence-corrected chi connectivity index (χ2v) is 5.25. The fourth-order valence-electron chi connectivity index (χ4n) is 2.10. The summed E-state index contributed by atoms with van der Waals surface area (Å²) in [6, 6.07) is 14.1. The van der Waals surface area contributed by atoms with Crippen molar-refractivity contribution in [3.63, 3.8) is 0 Å². The van der Waals surface area contributed by atoms with E-state index in [0.717, 1.165) is 17.9 Å². The zero-order valence-electron chi connectivity index (χ0n) is 12.5. The second kappa shape index (κ2) is 7.34. The van der Waals surface area contributed by atoms with Crippen molar-refractivity contribution in [3.05, 3.63) is 58.6 Å². The molecule has 2 aromatic rings. The highest BCUT2D eigenvalue weighted by Crippen LogP contribution is 2.25. The van der Waals surface area contributed by atoms with Crippen molar-refractivity contribution < 1.29 is 9.47 Å². The standard InChI is InChI=1S/C17H20ClNO2/c1-12(14-5-7-15(20-2)8-6-14)19-11-13-4-9-17(21-3)16(18)10-13/h4-10,12,19H,11H2,1-3H3. The molecule has 112 valence electrons. The van der Waals surface area contributed by atoms with Gasteiger partial charge in [0.15, 0.2) is 0 Å². The molecule has 0 amide bonds. The molecule has 0 spiro atoms. The lowest BCUT2D eigenvalue weighted by Gasteiger charge is -2.15. The first-order chi connectivity index (χ1) is 10.1. The number of benzene rings is 2. The van der Waals surface area contributed by atoms with E-state index in [1.165, 1.54) is 5.56 Å². The van der Waals surface area contributed by atoms with Crippen LogP contribution in [0.15, 0.2) is 42.5 Å². The van der Waals surface area contributed by atoms with E-state index in [-0.39, 0.29) is 6.04 Å². The molecule has 0 fully saturated rings. The lowest BCUT2D eigenvalue weighted by molar-refractivity contribution is 0.414. The number of nitrogens with one attached hydrogen (secondary N) is 1. The van der Waals surface area contributed by atoms with E-state index < -0.39 is 0 Å². The van der Waals surface area contributed by atoms with Gasteiger partial charge < -0.3 is 14.8 Å². The van der Waals surface area contributed by atoms with Crippen molar-refractivity contribution in [3.8, 4) is 11.5 Å². The topological polar surface area (TPSA) is 30.5 Å². The van der Waals surface area contributed by atoms with Gasteiger partial charge in [-0.15, -0.1) is 0 Å². The first kappa shape index (κ1) is 15.7. The Morgan fingerprint density at radius 3 is 2.33 bits per heavy atom. The van der Waals surface area contributed by atoms with Crippen LogP contribution < -0.4 is 14.8 Å². The van der Waals surface area contributed by atoms with Gasteiger partial charge in [-0.25, -0.2) is 0 Å². The van der Waals surface area contributed by atoms with E-state index in [9.17, 15) is 0 Å². The minimum atomic E-state index is 0.247. The van der Waals surface area contributed by atoms with Crippen LogP contribution in [-0.2, 0) is 6.54 Å². The van der Waals surface area contributed by atoms with Gasteiger partial charge in [-0.1, -0.05) is 29.8 Å². The molecule has 0 bridgehead atoms. The fraction of sp³-hybridized carbons (Fsp3) is 0.294. The molecule has 4 heteroatoms. The summed E-state index contributed by atoms with van der Waals surface area (Å²) in [5.41, 5.74) is 2.34. The molecule has 1 unspecified atom stereocenters. The molecule has 0 saturated heterocycles. The van der Waals surface area contributed by atoms with E-state index in [1.54, 1.807) is 14.2 Å². The third kappa shape index (κ3) is 4.13. The Bertz CT molecular complexity index is 584. The Morgan fingerprint density at radius 2 is 1.76 bits per heavy atom. The van der Waals surface area contributed by atoms with Crippen molar-refractivity contribution in [2.75, 3.05) is 14.2 Å². The van der Waals surface area contributed by atoms with Crippen LogP contribution in [-0.4, -0.2) is 14.2 Å². The summed E-state index contributed by atoms with van der Waals surface area (Å²) < 4.78 is 10.3. The summed E-state index contributed by atoms with van der Waals surface area (Å²) in [6.07, 6.45) is 0. The number of hydrogen-bond donors (Lipinski definition) is 1. The predicted octanol–water partition coefficient (Wildman–Crippen LogP) is 4.21. The first-order valence-electron chi connectivity index (χ1n) is 6.83. The first-order valence-corrected chi connectivity index (χ1v) is 7.21. The molecule has 0 radical (unpaired) electrons. The van der Waals surface area contributed by atoms with E-state index in [4.69, 9.17) is 21.1 Å². The van der Waals surface area contributed by atoms with Gasteiger partial charge in [0, 0.05) is 12.6 Å². The summed E-state index contributed by atoms with van der Waals surface area (Å²) in [4.78, 5) is 0. The molecule has 0 aromatic heterocycles. The molecule has 1 atom stereocenters. The molecule has 2 rings (SSSR count). The normalized spacial score (nSPS) is 12.0. The van der Waals surface area contributed by atoms with Gasteiger partial charge in [0.25, 0.3) is 0 Å². The summed E-state index contributed by atoms with van der Waals surface area (Å²) in [6.45, 7) is 2.88. The zero-order chi connectivity index (χ0) is 15.2. The van der Waals surface area contributed by atoms with Gasteiger partial charge in [-0.3, -0.25) is 0 Å². The zero-order valence-corrected chi connectivity index (χ0v) is 13.3. The Hall–Kier alpha value is -1.71. The van der Waals surface area contributed by atoms with Gasteiger partial charge in [0.1, 0.15) is 11.5 Å². The van der Waals surface area contributed by atoms with E-state index in [2.05, 4.69) is 24.4 Å².